The average molecular weight is 253 g/mol. The van der Waals surface area contributed by atoms with E-state index in [1.165, 1.54) is 25.3 Å². The van der Waals surface area contributed by atoms with Gasteiger partial charge in [0.25, 0.3) is 0 Å². The number of allylic oxidation sites excluding steroid dienone is 4. The molecule has 1 heteroatoms. The molecule has 0 rings (SSSR count). The molecule has 0 amide bonds. The lowest BCUT2D eigenvalue weighted by Crippen LogP contribution is -2.20. The topological polar surface area (TPSA) is 0 Å². The zero-order chi connectivity index (χ0) is 13.5. The third kappa shape index (κ3) is 6.26. The van der Waals surface area contributed by atoms with Crippen molar-refractivity contribution in [1.29, 1.82) is 0 Å². The summed E-state index contributed by atoms with van der Waals surface area (Å²) in [7, 11) is -0.987. The molecule has 0 aromatic carbocycles. The normalized spacial score (nSPS) is 14.9. The molecule has 0 aliphatic heterocycles. The molecule has 0 N–H and O–H groups in total. The van der Waals surface area contributed by atoms with E-state index < -0.39 is 8.07 Å². The van der Waals surface area contributed by atoms with Crippen molar-refractivity contribution in [3.63, 3.8) is 0 Å². The highest BCUT2D eigenvalue weighted by atomic mass is 28.3. The summed E-state index contributed by atoms with van der Waals surface area (Å²) in [5, 5.41) is 0. The number of rotatable bonds is 7. The third-order valence-electron chi connectivity index (χ3n) is 3.17. The van der Waals surface area contributed by atoms with Crippen molar-refractivity contribution in [1.82, 2.24) is 0 Å². The molecule has 0 aromatic rings. The second kappa shape index (κ2) is 7.92. The zero-order valence-electron chi connectivity index (χ0n) is 13.1. The first-order valence-corrected chi connectivity index (χ1v) is 11.0. The predicted molar refractivity (Wildman–Crippen MR) is 84.4 cm³/mol. The van der Waals surface area contributed by atoms with E-state index >= 15 is 0 Å². The van der Waals surface area contributed by atoms with Crippen molar-refractivity contribution < 1.29 is 0 Å². The Morgan fingerprint density at radius 1 is 0.882 bits per heavy atom. The molecule has 0 aliphatic rings. The zero-order valence-corrected chi connectivity index (χ0v) is 14.1. The van der Waals surface area contributed by atoms with Gasteiger partial charge in [0.1, 0.15) is 0 Å². The van der Waals surface area contributed by atoms with Crippen LogP contribution in [0.15, 0.2) is 22.8 Å². The Kier molecular flexibility index (Phi) is 7.77. The van der Waals surface area contributed by atoms with Crippen molar-refractivity contribution in [2.75, 3.05) is 0 Å². The van der Waals surface area contributed by atoms with Crippen LogP contribution in [-0.4, -0.2) is 8.07 Å². The summed E-state index contributed by atoms with van der Waals surface area (Å²) in [5.41, 5.74) is 5.00. The molecule has 0 saturated carbocycles. The molecule has 0 heterocycles. The van der Waals surface area contributed by atoms with Crippen LogP contribution in [0.1, 0.15) is 53.4 Å². The molecule has 0 nitrogen and oxygen atoms in total. The van der Waals surface area contributed by atoms with Crippen LogP contribution in [0, 0.1) is 0 Å². The molecule has 0 aromatic heterocycles. The van der Waals surface area contributed by atoms with E-state index in [1.807, 2.05) is 0 Å². The van der Waals surface area contributed by atoms with Crippen molar-refractivity contribution in [2.45, 2.75) is 79.1 Å². The monoisotopic (exact) mass is 252 g/mol. The second-order valence-corrected chi connectivity index (χ2v) is 11.5. The molecule has 0 fully saturated rings. The Morgan fingerprint density at radius 3 is 1.76 bits per heavy atom. The summed E-state index contributed by atoms with van der Waals surface area (Å²) in [6.07, 6.45) is 7.21. The fourth-order valence-electron chi connectivity index (χ4n) is 2.52. The highest BCUT2D eigenvalue weighted by Crippen LogP contribution is 2.29. The average Bonchev–Trinajstić information content (AvgIpc) is 2.25. The second-order valence-electron chi connectivity index (χ2n) is 6.02. The van der Waals surface area contributed by atoms with Gasteiger partial charge in [0, 0.05) is 8.07 Å². The van der Waals surface area contributed by atoms with Gasteiger partial charge in [-0.1, -0.05) is 59.0 Å². The van der Waals surface area contributed by atoms with E-state index in [4.69, 9.17) is 0 Å². The van der Waals surface area contributed by atoms with E-state index in [2.05, 4.69) is 53.4 Å². The lowest BCUT2D eigenvalue weighted by molar-refractivity contribution is 0.940. The number of hydrogen-bond acceptors (Lipinski definition) is 0. The molecule has 100 valence electrons. The third-order valence-corrected chi connectivity index (χ3v) is 4.66. The maximum atomic E-state index is 2.48. The van der Waals surface area contributed by atoms with Gasteiger partial charge in [0.15, 0.2) is 0 Å². The molecular weight excluding hydrogens is 220 g/mol. The lowest BCUT2D eigenvalue weighted by Gasteiger charge is -2.22. The van der Waals surface area contributed by atoms with Crippen molar-refractivity contribution in [3.8, 4) is 0 Å². The van der Waals surface area contributed by atoms with Crippen molar-refractivity contribution in [3.05, 3.63) is 22.8 Å². The summed E-state index contributed by atoms with van der Waals surface area (Å²) >= 11 is 0. The van der Waals surface area contributed by atoms with E-state index in [-0.39, 0.29) is 0 Å². The van der Waals surface area contributed by atoms with Gasteiger partial charge in [-0.3, -0.25) is 0 Å². The largest absolute Gasteiger partial charge is 0.0813 e. The fraction of sp³-hybridized carbons (Fsp3) is 0.750. The quantitative estimate of drug-likeness (QED) is 0.374. The molecular formula is C16H32Si. The summed E-state index contributed by atoms with van der Waals surface area (Å²) in [4.78, 5) is 0. The van der Waals surface area contributed by atoms with Crippen LogP contribution in [0.4, 0.5) is 0 Å². The van der Waals surface area contributed by atoms with E-state index in [1.54, 1.807) is 16.7 Å². The Bertz CT molecular complexity index is 276. The molecule has 0 atom stereocenters. The molecule has 0 aliphatic carbocycles. The minimum atomic E-state index is -0.987. The van der Waals surface area contributed by atoms with Gasteiger partial charge in [-0.15, -0.1) is 0 Å². The van der Waals surface area contributed by atoms with Gasteiger partial charge in [0.2, 0.25) is 0 Å². The first-order chi connectivity index (χ1) is 7.89. The van der Waals surface area contributed by atoms with Crippen LogP contribution in [0.3, 0.4) is 0 Å². The van der Waals surface area contributed by atoms with Crippen LogP contribution < -0.4 is 0 Å². The smallest absolute Gasteiger partial charge is 0.0483 e. The van der Waals surface area contributed by atoms with E-state index in [0.29, 0.717) is 0 Å². The van der Waals surface area contributed by atoms with E-state index in [0.717, 1.165) is 6.42 Å². The molecule has 0 radical (unpaired) electrons. The Hall–Kier alpha value is -0.303. The summed E-state index contributed by atoms with van der Waals surface area (Å²) in [5.74, 6) is 0. The van der Waals surface area contributed by atoms with Crippen molar-refractivity contribution >= 4 is 8.07 Å². The molecule has 17 heavy (non-hydrogen) atoms. The summed E-state index contributed by atoms with van der Waals surface area (Å²) < 4.78 is 0. The Balaban J connectivity index is 5.30. The van der Waals surface area contributed by atoms with Crippen LogP contribution in [0.25, 0.3) is 0 Å². The van der Waals surface area contributed by atoms with Gasteiger partial charge in [-0.25, -0.2) is 0 Å². The lowest BCUT2D eigenvalue weighted by atomic mass is 9.94. The highest BCUT2D eigenvalue weighted by molar-refractivity contribution is 6.76. The first kappa shape index (κ1) is 16.7. The van der Waals surface area contributed by atoms with Gasteiger partial charge in [-0.2, -0.15) is 0 Å². The molecule has 0 bridgehead atoms. The molecule has 0 spiro atoms. The predicted octanol–water partition coefficient (Wildman–Crippen LogP) is 6.19. The van der Waals surface area contributed by atoms with Gasteiger partial charge >= 0.3 is 0 Å². The Morgan fingerprint density at radius 2 is 1.47 bits per heavy atom. The highest BCUT2D eigenvalue weighted by Gasteiger charge is 2.17. The maximum absolute atomic E-state index is 2.48. The summed E-state index contributed by atoms with van der Waals surface area (Å²) in [6.45, 7) is 16.6. The molecule has 0 saturated heterocycles. The van der Waals surface area contributed by atoms with Gasteiger partial charge in [0.05, 0.1) is 0 Å². The van der Waals surface area contributed by atoms with Crippen LogP contribution >= 0.6 is 0 Å². The van der Waals surface area contributed by atoms with Crippen LogP contribution in [-0.2, 0) is 0 Å². The first-order valence-electron chi connectivity index (χ1n) is 7.29. The van der Waals surface area contributed by atoms with Crippen LogP contribution in [0.5, 0.6) is 0 Å². The van der Waals surface area contributed by atoms with Crippen LogP contribution in [0.2, 0.25) is 25.7 Å². The fourth-order valence-corrected chi connectivity index (χ4v) is 4.26. The van der Waals surface area contributed by atoms with Crippen molar-refractivity contribution in [2.24, 2.45) is 0 Å². The minimum Gasteiger partial charge on any atom is -0.0813 e. The standard InChI is InChI=1S/C16H32Si/c1-8-12-14(9-2)16(11-4)15(10-3)13-17(5,6)7/h12H,8-11,13H2,1-7H3/b14-12+,16-15-. The number of hydrogen-bond donors (Lipinski definition) is 0. The van der Waals surface area contributed by atoms with E-state index in [9.17, 15) is 0 Å². The molecule has 0 unspecified atom stereocenters. The minimum absolute atomic E-state index is 0.987. The van der Waals surface area contributed by atoms with Gasteiger partial charge < -0.3 is 0 Å². The summed E-state index contributed by atoms with van der Waals surface area (Å²) in [6, 6.07) is 1.37. The maximum Gasteiger partial charge on any atom is 0.0483 e. The van der Waals surface area contributed by atoms with Gasteiger partial charge in [-0.05, 0) is 42.9 Å². The Labute approximate surface area is 110 Å². The SMILES string of the molecule is CC/C=C(CC)/C(CC)=C(/CC)C[Si](C)(C)C.